The Morgan fingerprint density at radius 2 is 1.37 bits per heavy atom. The molecule has 1 unspecified atom stereocenters. The molecule has 3 aliphatic rings. The van der Waals surface area contributed by atoms with E-state index in [4.69, 9.17) is 32.1 Å². The molecule has 3 heterocycles. The molecule has 7 rings (SSSR count). The quantitative estimate of drug-likeness (QED) is 0.00615. The molecule has 4 aromatic rings. The van der Waals surface area contributed by atoms with E-state index in [2.05, 4.69) is 10.6 Å². The number of carbonyl (C=O) groups excluding carboxylic acids is 2. The van der Waals surface area contributed by atoms with Gasteiger partial charge in [0.2, 0.25) is 17.5 Å². The lowest BCUT2D eigenvalue weighted by atomic mass is 9.77. The second-order valence-electron chi connectivity index (χ2n) is 23.4. The molecule has 23 nitrogen and oxygen atoms in total. The molecule has 28 heteroatoms. The van der Waals surface area contributed by atoms with Gasteiger partial charge in [0.1, 0.15) is 30.0 Å². The van der Waals surface area contributed by atoms with E-state index in [1.165, 1.54) is 29.2 Å². The van der Waals surface area contributed by atoms with Crippen LogP contribution >= 0.6 is 11.6 Å². The summed E-state index contributed by atoms with van der Waals surface area (Å²) in [4.78, 5) is 34.2. The summed E-state index contributed by atoms with van der Waals surface area (Å²) >= 11 is 6.22. The van der Waals surface area contributed by atoms with Crippen molar-refractivity contribution >= 4 is 104 Å². The van der Waals surface area contributed by atoms with Crippen molar-refractivity contribution in [1.29, 1.82) is 10.8 Å². The Bertz CT molecular complexity index is 4060. The minimum Gasteiger partial charge on any atom is -0.748 e. The third-order valence-electron chi connectivity index (χ3n) is 16.4. The first kappa shape index (κ1) is 71.5. The van der Waals surface area contributed by atoms with Crippen LogP contribution in [-0.2, 0) is 60.9 Å². The lowest BCUT2D eigenvalue weighted by Crippen LogP contribution is -2.42. The van der Waals surface area contributed by atoms with Crippen LogP contribution in [0, 0.1) is 10.8 Å². The van der Waals surface area contributed by atoms with Crippen molar-refractivity contribution in [3.8, 4) is 5.75 Å². The number of fused-ring (bicyclic) bond motifs is 3. The second-order valence-corrected chi connectivity index (χ2v) is 29.8. The molecule has 0 saturated carbocycles. The van der Waals surface area contributed by atoms with E-state index in [9.17, 15) is 61.5 Å². The molecular weight excluding hydrogens is 1270 g/mol. The fraction of sp³-hybridized carbons (Fsp3) is 0.429. The molecule has 0 radical (unpaired) electrons. The maximum Gasteiger partial charge on any atom is 0.294 e. The number of nitrogens with one attached hydrogen (secondary N) is 4. The highest BCUT2D eigenvalue weighted by molar-refractivity contribution is 7.86. The molecule has 492 valence electrons. The summed E-state index contributed by atoms with van der Waals surface area (Å²) in [6, 6.07) is 20.0. The number of halogens is 1. The monoisotopic (exact) mass is 1350 g/mol. The predicted octanol–water partition coefficient (Wildman–Crippen LogP) is 9.43. The fourth-order valence-corrected chi connectivity index (χ4v) is 14.1. The van der Waals surface area contributed by atoms with E-state index in [0.717, 1.165) is 0 Å². The lowest BCUT2D eigenvalue weighted by molar-refractivity contribution is -0.438. The zero-order valence-electron chi connectivity index (χ0n) is 51.4. The van der Waals surface area contributed by atoms with Crippen molar-refractivity contribution in [3.63, 3.8) is 0 Å². The largest absolute Gasteiger partial charge is 0.748 e. The Balaban J connectivity index is 0.974. The molecule has 2 atom stereocenters. The molecule has 7 N–H and O–H groups in total. The minimum absolute atomic E-state index is 0.0289. The maximum absolute atomic E-state index is 13.4. The van der Waals surface area contributed by atoms with Crippen LogP contribution in [0.15, 0.2) is 130 Å². The number of aliphatic imine (C=N–C) groups is 1. The van der Waals surface area contributed by atoms with Gasteiger partial charge in [0, 0.05) is 88.9 Å². The second kappa shape index (κ2) is 30.2. The molecule has 91 heavy (non-hydrogen) atoms. The van der Waals surface area contributed by atoms with Crippen LogP contribution in [0.5, 0.6) is 5.75 Å². The molecule has 0 bridgehead atoms. The Kier molecular flexibility index (Phi) is 23.7. The van der Waals surface area contributed by atoms with Gasteiger partial charge in [0.15, 0.2) is 5.71 Å². The minimum atomic E-state index is -4.66. The van der Waals surface area contributed by atoms with Gasteiger partial charge in [0.25, 0.3) is 30.4 Å². The number of carbonyl (C=O) groups is 2. The van der Waals surface area contributed by atoms with Crippen molar-refractivity contribution in [2.45, 2.75) is 138 Å². The number of amidine groups is 2. The van der Waals surface area contributed by atoms with Crippen LogP contribution in [0.2, 0.25) is 5.02 Å². The normalized spacial score (nSPS) is 18.0. The summed E-state index contributed by atoms with van der Waals surface area (Å²) in [6.45, 7) is 8.56. The van der Waals surface area contributed by atoms with E-state index in [1.54, 1.807) is 74.7 Å². The number of allylic oxidation sites excluding steroid dienone is 6. The summed E-state index contributed by atoms with van der Waals surface area (Å²) in [5.41, 5.74) is 4.54. The number of ether oxygens (including phenoxy) is 1. The average Bonchev–Trinajstić information content (AvgIpc) is 1.60. The van der Waals surface area contributed by atoms with Crippen LogP contribution in [0.1, 0.15) is 133 Å². The first-order valence-corrected chi connectivity index (χ1v) is 36.3. The number of amides is 2. The van der Waals surface area contributed by atoms with Gasteiger partial charge in [-0.15, -0.1) is 0 Å². The van der Waals surface area contributed by atoms with Gasteiger partial charge in [-0.25, -0.2) is 8.42 Å². The Hall–Kier alpha value is -6.95. The van der Waals surface area contributed by atoms with Gasteiger partial charge >= 0.3 is 0 Å². The number of hydrogen-bond donors (Lipinski definition) is 7. The lowest BCUT2D eigenvalue weighted by Gasteiger charge is -2.30. The van der Waals surface area contributed by atoms with E-state index in [0.29, 0.717) is 138 Å². The Morgan fingerprint density at radius 3 is 2.01 bits per heavy atom. The first-order valence-electron chi connectivity index (χ1n) is 29.8. The Morgan fingerprint density at radius 1 is 0.747 bits per heavy atom. The van der Waals surface area contributed by atoms with Gasteiger partial charge in [-0.3, -0.25) is 44.0 Å². The van der Waals surface area contributed by atoms with Crippen molar-refractivity contribution < 1.29 is 70.8 Å². The smallest absolute Gasteiger partial charge is 0.294 e. The van der Waals surface area contributed by atoms with E-state index < -0.39 is 68.9 Å². The molecule has 4 aromatic carbocycles. The van der Waals surface area contributed by atoms with Gasteiger partial charge in [-0.1, -0.05) is 54.8 Å². The maximum atomic E-state index is 13.4. The van der Waals surface area contributed by atoms with Crippen molar-refractivity contribution in [2.75, 3.05) is 54.6 Å². The number of benzene rings is 4. The van der Waals surface area contributed by atoms with Crippen LogP contribution in [-0.4, -0.2) is 142 Å². The van der Waals surface area contributed by atoms with Gasteiger partial charge < -0.3 is 24.8 Å². The number of hydrogen-bond acceptors (Lipinski definition) is 16. The Labute approximate surface area is 538 Å². The summed E-state index contributed by atoms with van der Waals surface area (Å²) in [5, 5.41) is 24.2. The predicted molar refractivity (Wildman–Crippen MR) is 351 cm³/mol. The number of nitrogens with zero attached hydrogens (tertiary/aromatic N) is 4. The fourth-order valence-electron chi connectivity index (χ4n) is 11.8. The molecule has 3 aliphatic heterocycles. The summed E-state index contributed by atoms with van der Waals surface area (Å²) in [7, 11) is -16.4. The molecule has 0 saturated heterocycles. The highest BCUT2D eigenvalue weighted by atomic mass is 35.5. The first-order chi connectivity index (χ1) is 42.7. The molecule has 0 aromatic heterocycles. The SMILES string of the molecule is COc1ccc2c(c1)C(c1ccc(Cl)cc1)=N[C@@H](CC(=O)NCCCCCNC(=O)CCCCCC1(C)/C(=C/C=C/C=C/C3=[N+](CCCCS(=O)(=O)O)c4ccc(S(=O)(=O)O)cc4C3(C)C)N(CCCCS(=O)(=O)[O-])c3ccc(S(=O)(=O)O)cc31)C(=N)N2C(C)=N. The molecule has 2 amide bonds. The summed E-state index contributed by atoms with van der Waals surface area (Å²) in [5.74, 6) is -0.888. The van der Waals surface area contributed by atoms with Crippen molar-refractivity contribution in [2.24, 2.45) is 4.99 Å². The molecule has 0 fully saturated rings. The molecule has 0 aliphatic carbocycles. The van der Waals surface area contributed by atoms with Crippen LogP contribution in [0.25, 0.3) is 0 Å². The van der Waals surface area contributed by atoms with Crippen LogP contribution in [0.4, 0.5) is 17.1 Å². The number of anilines is 2. The third-order valence-corrected chi connectivity index (χ3v) is 20.0. The zero-order chi connectivity index (χ0) is 66.7. The van der Waals surface area contributed by atoms with Gasteiger partial charge in [-0.05, 0) is 151 Å². The summed E-state index contributed by atoms with van der Waals surface area (Å²) < 4.78 is 144. The zero-order valence-corrected chi connectivity index (χ0v) is 55.5. The molecular formula is C63H79ClN8O15S4. The molecule has 0 spiro atoms. The number of unbranched alkanes of at least 4 members (excludes halogenated alkanes) is 6. The standard InChI is InChI=1S/C63H79ClN8O15S4/c1-43(65)72-53-29-26-46(87-5)39-49(53)60(44-22-24-45(64)25-23-44)69-52(61(72)66)42-59(74)68-34-14-8-13-33-67-58(73)21-11-7-12-32-63(4)51-41-48(91(84,85)86)28-31-55(51)71(36-16-18-38-89(78,79)80)57(63)20-10-6-9-19-56-62(2,3)50-40-47(90(81,82)83)27-30-54(50)70(56)35-15-17-37-88(75,76)77/h6,9-10,19-20,22-31,39-41,52,65-66H,7-8,11-18,21,32-38,42H2,1-5H3,(H5-,67,68,73,74,75,76,77,78,79,80,81,82,83,84,85,86)/t52-,63?/m0/s1. The highest BCUT2D eigenvalue weighted by Gasteiger charge is 2.46. The summed E-state index contributed by atoms with van der Waals surface area (Å²) in [6.07, 6.45) is 14.0. The van der Waals surface area contributed by atoms with Crippen molar-refractivity contribution in [3.05, 3.63) is 142 Å². The topological polar surface area (TPSA) is 357 Å². The average molecular weight is 1350 g/mol. The van der Waals surface area contributed by atoms with Crippen LogP contribution < -0.4 is 25.2 Å². The van der Waals surface area contributed by atoms with E-state index >= 15 is 0 Å². The van der Waals surface area contributed by atoms with Crippen molar-refractivity contribution in [1.82, 2.24) is 10.6 Å². The number of rotatable bonds is 31. The van der Waals surface area contributed by atoms with Gasteiger partial charge in [-0.2, -0.15) is 29.8 Å². The number of benzodiazepines with no additional fused rings is 1. The third kappa shape index (κ3) is 18.6. The van der Waals surface area contributed by atoms with E-state index in [-0.39, 0.29) is 71.9 Å². The van der Waals surface area contributed by atoms with Gasteiger partial charge in [0.05, 0.1) is 56.0 Å². The highest BCUT2D eigenvalue weighted by Crippen LogP contribution is 2.52. The van der Waals surface area contributed by atoms with Crippen LogP contribution in [0.3, 0.4) is 0 Å². The number of methoxy groups -OCH3 is 1. The van der Waals surface area contributed by atoms with E-state index in [1.807, 2.05) is 54.5 Å².